The van der Waals surface area contributed by atoms with Crippen LogP contribution in [0, 0.1) is 0 Å². The van der Waals surface area contributed by atoms with E-state index in [0.29, 0.717) is 25.0 Å². The number of rotatable bonds is 4. The predicted octanol–water partition coefficient (Wildman–Crippen LogP) is 4.13. The number of nitrogens with zero attached hydrogens (tertiary/aromatic N) is 1. The average Bonchev–Trinajstić information content (AvgIpc) is 3.04. The Morgan fingerprint density at radius 1 is 1.21 bits per heavy atom. The normalized spacial score (nSPS) is 22.5. The van der Waals surface area contributed by atoms with E-state index < -0.39 is 5.60 Å². The van der Waals surface area contributed by atoms with Gasteiger partial charge in [0.1, 0.15) is 11.7 Å². The van der Waals surface area contributed by atoms with Crippen LogP contribution in [0.5, 0.6) is 0 Å². The number of likely N-dealkylation sites (tertiary alicyclic amines) is 1. The number of para-hydroxylation sites is 1. The second-order valence-electron chi connectivity index (χ2n) is 8.59. The highest BCUT2D eigenvalue weighted by atomic mass is 16.6. The molecule has 7 heteroatoms. The van der Waals surface area contributed by atoms with Crippen LogP contribution in [0.2, 0.25) is 0 Å². The zero-order valence-corrected chi connectivity index (χ0v) is 17.7. The van der Waals surface area contributed by atoms with E-state index in [1.165, 1.54) is 0 Å². The van der Waals surface area contributed by atoms with Gasteiger partial charge in [0.15, 0.2) is 0 Å². The summed E-state index contributed by atoms with van der Waals surface area (Å²) in [6, 6.07) is 7.26. The summed E-state index contributed by atoms with van der Waals surface area (Å²) < 4.78 is 16.7. The quantitative estimate of drug-likeness (QED) is 0.778. The van der Waals surface area contributed by atoms with Crippen LogP contribution in [0.25, 0.3) is 10.9 Å². The largest absolute Gasteiger partial charge is 0.459 e. The third kappa shape index (κ3) is 4.90. The molecule has 1 saturated heterocycles. The van der Waals surface area contributed by atoms with Crippen molar-refractivity contribution in [2.24, 2.45) is 0 Å². The lowest BCUT2D eigenvalue weighted by Gasteiger charge is -2.43. The van der Waals surface area contributed by atoms with E-state index in [1.54, 1.807) is 18.2 Å². The number of esters is 1. The zero-order chi connectivity index (χ0) is 21.2. The molecule has 1 N–H and O–H groups in total. The molecule has 1 fully saturated rings. The van der Waals surface area contributed by atoms with Gasteiger partial charge in [0.2, 0.25) is 0 Å². The fraction of sp³-hybridized carbons (Fsp3) is 0.545. The summed E-state index contributed by atoms with van der Waals surface area (Å²) in [5.41, 5.74) is 0.837. The number of hydrogen-bond acceptors (Lipinski definition) is 5. The summed E-state index contributed by atoms with van der Waals surface area (Å²) in [6.07, 6.45) is 2.07. The van der Waals surface area contributed by atoms with Crippen molar-refractivity contribution in [2.75, 3.05) is 13.7 Å². The molecule has 29 heavy (non-hydrogen) atoms. The molecule has 0 bridgehead atoms. The molecule has 3 rings (SSSR count). The van der Waals surface area contributed by atoms with E-state index in [1.807, 2.05) is 52.0 Å². The van der Waals surface area contributed by atoms with Gasteiger partial charge in [0, 0.05) is 43.1 Å². The van der Waals surface area contributed by atoms with Crippen molar-refractivity contribution >= 4 is 23.0 Å². The molecule has 1 aliphatic heterocycles. The third-order valence-electron chi connectivity index (χ3n) is 5.05. The number of amides is 1. The van der Waals surface area contributed by atoms with Crippen LogP contribution < -0.4 is 0 Å². The molecule has 1 aliphatic rings. The van der Waals surface area contributed by atoms with E-state index in [0.717, 1.165) is 10.9 Å². The number of aromatic amines is 1. The number of carbonyl (C=O) groups is 2. The van der Waals surface area contributed by atoms with Crippen LogP contribution >= 0.6 is 0 Å². The minimum atomic E-state index is -0.576. The fourth-order valence-corrected chi connectivity index (χ4v) is 3.90. The molecule has 3 atom stereocenters. The van der Waals surface area contributed by atoms with Crippen LogP contribution in [-0.2, 0) is 14.2 Å². The molecule has 7 nitrogen and oxygen atoms in total. The van der Waals surface area contributed by atoms with E-state index in [9.17, 15) is 9.59 Å². The Morgan fingerprint density at radius 2 is 1.93 bits per heavy atom. The summed E-state index contributed by atoms with van der Waals surface area (Å²) in [7, 11) is 1.60. The van der Waals surface area contributed by atoms with E-state index in [-0.39, 0.29) is 30.3 Å². The first kappa shape index (κ1) is 21.2. The first-order valence-electron chi connectivity index (χ1n) is 9.97. The van der Waals surface area contributed by atoms with Crippen molar-refractivity contribution in [3.05, 3.63) is 36.0 Å². The number of aromatic nitrogens is 1. The molecule has 0 radical (unpaired) electrons. The van der Waals surface area contributed by atoms with Crippen LogP contribution in [0.3, 0.4) is 0 Å². The van der Waals surface area contributed by atoms with Gasteiger partial charge >= 0.3 is 12.1 Å². The molecule has 1 aromatic carbocycles. The van der Waals surface area contributed by atoms with Crippen molar-refractivity contribution in [3.8, 4) is 0 Å². The predicted molar refractivity (Wildman–Crippen MR) is 110 cm³/mol. The van der Waals surface area contributed by atoms with Crippen LogP contribution in [-0.4, -0.2) is 59.5 Å². The van der Waals surface area contributed by atoms with Gasteiger partial charge in [0.25, 0.3) is 0 Å². The molecule has 1 amide bonds. The maximum atomic E-state index is 12.8. The van der Waals surface area contributed by atoms with Crippen molar-refractivity contribution in [3.63, 3.8) is 0 Å². The number of fused-ring (bicyclic) bond motifs is 1. The van der Waals surface area contributed by atoms with Gasteiger partial charge in [-0.25, -0.2) is 9.59 Å². The molecular formula is C22H30N2O5. The summed E-state index contributed by atoms with van der Waals surface area (Å²) >= 11 is 0. The van der Waals surface area contributed by atoms with Crippen LogP contribution in [0.15, 0.2) is 30.5 Å². The zero-order valence-electron chi connectivity index (χ0n) is 17.7. The lowest BCUT2D eigenvalue weighted by Crippen LogP contribution is -2.55. The molecule has 2 heterocycles. The smallest absolute Gasteiger partial charge is 0.410 e. The average molecular weight is 402 g/mol. The Morgan fingerprint density at radius 3 is 2.62 bits per heavy atom. The van der Waals surface area contributed by atoms with Gasteiger partial charge in [0.05, 0.1) is 18.2 Å². The number of piperidine rings is 1. The molecule has 0 spiro atoms. The Labute approximate surface area is 171 Å². The summed E-state index contributed by atoms with van der Waals surface area (Å²) in [4.78, 5) is 30.3. The maximum absolute atomic E-state index is 12.8. The standard InChI is InChI=1S/C22H30N2O5/c1-14-10-16(11-15(13-27-5)24(14)21(26)29-22(2,3)4)28-20(25)18-12-23-19-9-7-6-8-17(18)19/h6-9,12,14-16,23H,10-11,13H2,1-5H3. The Hall–Kier alpha value is -2.54. The number of ether oxygens (including phenoxy) is 3. The number of H-pyrrole nitrogens is 1. The second kappa shape index (κ2) is 8.45. The lowest BCUT2D eigenvalue weighted by atomic mass is 9.94. The maximum Gasteiger partial charge on any atom is 0.410 e. The van der Waals surface area contributed by atoms with Crippen molar-refractivity contribution in [1.82, 2.24) is 9.88 Å². The third-order valence-corrected chi connectivity index (χ3v) is 5.05. The number of carbonyl (C=O) groups excluding carboxylic acids is 2. The SMILES string of the molecule is COCC1CC(OC(=O)c2c[nH]c3ccccc23)CC(C)N1C(=O)OC(C)(C)C. The van der Waals surface area contributed by atoms with Gasteiger partial charge in [-0.05, 0) is 33.8 Å². The number of benzene rings is 1. The molecule has 0 aliphatic carbocycles. The Balaban J connectivity index is 1.72. The monoisotopic (exact) mass is 402 g/mol. The summed E-state index contributed by atoms with van der Waals surface area (Å²) in [6.45, 7) is 7.83. The van der Waals surface area contributed by atoms with Gasteiger partial charge in [-0.3, -0.25) is 4.90 Å². The van der Waals surface area contributed by atoms with Crippen molar-refractivity contribution in [2.45, 2.75) is 64.3 Å². The molecule has 3 unspecified atom stereocenters. The molecule has 158 valence electrons. The highest BCUT2D eigenvalue weighted by molar-refractivity contribution is 6.04. The second-order valence-corrected chi connectivity index (χ2v) is 8.59. The highest BCUT2D eigenvalue weighted by Gasteiger charge is 2.40. The molecular weight excluding hydrogens is 372 g/mol. The van der Waals surface area contributed by atoms with E-state index in [2.05, 4.69) is 4.98 Å². The minimum absolute atomic E-state index is 0.139. The van der Waals surface area contributed by atoms with E-state index in [4.69, 9.17) is 14.2 Å². The van der Waals surface area contributed by atoms with Gasteiger partial charge in [-0.2, -0.15) is 0 Å². The van der Waals surface area contributed by atoms with Crippen LogP contribution in [0.4, 0.5) is 4.79 Å². The number of nitrogens with one attached hydrogen (secondary N) is 1. The Bertz CT molecular complexity index is 869. The van der Waals surface area contributed by atoms with Gasteiger partial charge in [-0.15, -0.1) is 0 Å². The lowest BCUT2D eigenvalue weighted by molar-refractivity contribution is -0.0494. The summed E-state index contributed by atoms with van der Waals surface area (Å²) in [5.74, 6) is -0.360. The molecule has 1 aromatic heterocycles. The fourth-order valence-electron chi connectivity index (χ4n) is 3.90. The number of methoxy groups -OCH3 is 1. The highest BCUT2D eigenvalue weighted by Crippen LogP contribution is 2.29. The van der Waals surface area contributed by atoms with E-state index >= 15 is 0 Å². The van der Waals surface area contributed by atoms with Gasteiger partial charge in [-0.1, -0.05) is 18.2 Å². The molecule has 2 aromatic rings. The Kier molecular flexibility index (Phi) is 6.17. The minimum Gasteiger partial charge on any atom is -0.459 e. The summed E-state index contributed by atoms with van der Waals surface area (Å²) in [5, 5.41) is 0.838. The number of hydrogen-bond donors (Lipinski definition) is 1. The topological polar surface area (TPSA) is 80.9 Å². The first-order chi connectivity index (χ1) is 13.7. The van der Waals surface area contributed by atoms with Crippen LogP contribution in [0.1, 0.15) is 50.9 Å². The van der Waals surface area contributed by atoms with Gasteiger partial charge < -0.3 is 19.2 Å². The van der Waals surface area contributed by atoms with Crippen molar-refractivity contribution < 1.29 is 23.8 Å². The van der Waals surface area contributed by atoms with Crippen molar-refractivity contribution in [1.29, 1.82) is 0 Å². The first-order valence-corrected chi connectivity index (χ1v) is 9.97. The molecule has 0 saturated carbocycles.